The fourth-order valence-electron chi connectivity index (χ4n) is 1.90. The predicted molar refractivity (Wildman–Crippen MR) is 79.8 cm³/mol. The molecule has 0 saturated heterocycles. The Morgan fingerprint density at radius 3 is 2.45 bits per heavy atom. The molecule has 0 aliphatic carbocycles. The highest BCUT2D eigenvalue weighted by atomic mass is 32.2. The number of aryl methyl sites for hydroxylation is 2. The Hall–Kier alpha value is -2.48. The van der Waals surface area contributed by atoms with Gasteiger partial charge in [0.05, 0.1) is 15.5 Å². The van der Waals surface area contributed by atoms with E-state index in [1.54, 1.807) is 26.0 Å². The molecule has 6 nitrogen and oxygen atoms in total. The number of halogens is 1. The molecule has 22 heavy (non-hydrogen) atoms. The van der Waals surface area contributed by atoms with E-state index in [-0.39, 0.29) is 4.90 Å². The molecule has 116 valence electrons. The van der Waals surface area contributed by atoms with Gasteiger partial charge in [-0.15, -0.1) is 0 Å². The Labute approximate surface area is 126 Å². The Morgan fingerprint density at radius 2 is 1.82 bits per heavy atom. The fourth-order valence-corrected chi connectivity index (χ4v) is 3.29. The number of nitrogens with one attached hydrogen (secondary N) is 1. The van der Waals surface area contributed by atoms with Gasteiger partial charge in [-0.25, -0.2) is 12.8 Å². The van der Waals surface area contributed by atoms with Gasteiger partial charge in [0, 0.05) is 12.1 Å². The lowest BCUT2D eigenvalue weighted by Crippen LogP contribution is -2.15. The molecule has 2 rings (SSSR count). The van der Waals surface area contributed by atoms with Gasteiger partial charge in [0.15, 0.2) is 0 Å². The third-order valence-corrected chi connectivity index (χ3v) is 4.55. The second-order valence-corrected chi connectivity index (χ2v) is 6.45. The summed E-state index contributed by atoms with van der Waals surface area (Å²) in [5.74, 6) is -0.889. The molecule has 8 heteroatoms. The topological polar surface area (TPSA) is 89.3 Å². The van der Waals surface area contributed by atoms with Gasteiger partial charge in [-0.3, -0.25) is 14.8 Å². The second kappa shape index (κ2) is 5.72. The monoisotopic (exact) mass is 324 g/mol. The van der Waals surface area contributed by atoms with Crippen molar-refractivity contribution in [2.75, 3.05) is 4.72 Å². The van der Waals surface area contributed by atoms with Gasteiger partial charge < -0.3 is 0 Å². The normalized spacial score (nSPS) is 11.2. The van der Waals surface area contributed by atoms with Crippen LogP contribution in [-0.4, -0.2) is 13.3 Å². The summed E-state index contributed by atoms with van der Waals surface area (Å²) in [6.07, 6.45) is 0. The first-order chi connectivity index (χ1) is 10.2. The van der Waals surface area contributed by atoms with Crippen molar-refractivity contribution in [3.8, 4) is 0 Å². The zero-order valence-electron chi connectivity index (χ0n) is 11.8. The van der Waals surface area contributed by atoms with Crippen molar-refractivity contribution in [3.05, 3.63) is 63.5 Å². The van der Waals surface area contributed by atoms with Crippen LogP contribution in [0.4, 0.5) is 15.8 Å². The summed E-state index contributed by atoms with van der Waals surface area (Å²) in [5, 5.41) is 10.7. The van der Waals surface area contributed by atoms with Crippen LogP contribution in [0.25, 0.3) is 0 Å². The van der Waals surface area contributed by atoms with Crippen molar-refractivity contribution in [1.82, 2.24) is 0 Å². The maximum absolute atomic E-state index is 13.7. The Bertz CT molecular complexity index is 850. The summed E-state index contributed by atoms with van der Waals surface area (Å²) in [6.45, 7) is 3.34. The zero-order chi connectivity index (χ0) is 16.5. The summed E-state index contributed by atoms with van der Waals surface area (Å²) >= 11 is 0. The largest absolute Gasteiger partial charge is 0.276 e. The first kappa shape index (κ1) is 15.9. The van der Waals surface area contributed by atoms with Gasteiger partial charge in [0.1, 0.15) is 5.82 Å². The molecule has 0 amide bonds. The molecule has 1 N–H and O–H groups in total. The highest BCUT2D eigenvalue weighted by molar-refractivity contribution is 7.92. The fraction of sp³-hybridized carbons (Fsp3) is 0.143. The number of nitrogens with zero attached hydrogens (tertiary/aromatic N) is 1. The molecular weight excluding hydrogens is 311 g/mol. The summed E-state index contributed by atoms with van der Waals surface area (Å²) in [4.78, 5) is 9.98. The van der Waals surface area contributed by atoms with E-state index in [4.69, 9.17) is 0 Å². The Kier molecular flexibility index (Phi) is 4.14. The van der Waals surface area contributed by atoms with E-state index in [1.165, 1.54) is 6.07 Å². The highest BCUT2D eigenvalue weighted by Crippen LogP contribution is 2.25. The molecule has 0 saturated carbocycles. The van der Waals surface area contributed by atoms with E-state index in [0.717, 1.165) is 23.8 Å². The molecule has 0 bridgehead atoms. The molecule has 0 spiro atoms. The van der Waals surface area contributed by atoms with Crippen LogP contribution in [-0.2, 0) is 10.0 Å². The lowest BCUT2D eigenvalue weighted by atomic mass is 10.2. The van der Waals surface area contributed by atoms with Gasteiger partial charge in [0.2, 0.25) is 0 Å². The van der Waals surface area contributed by atoms with E-state index in [0.29, 0.717) is 5.56 Å². The van der Waals surface area contributed by atoms with Gasteiger partial charge >= 0.3 is 0 Å². The summed E-state index contributed by atoms with van der Waals surface area (Å²) in [6, 6.07) is 7.49. The van der Waals surface area contributed by atoms with Crippen LogP contribution >= 0.6 is 0 Å². The van der Waals surface area contributed by atoms with E-state index < -0.39 is 32.1 Å². The van der Waals surface area contributed by atoms with Crippen LogP contribution < -0.4 is 4.72 Å². The van der Waals surface area contributed by atoms with E-state index in [9.17, 15) is 22.9 Å². The Morgan fingerprint density at radius 1 is 1.14 bits per heavy atom. The molecular formula is C14H13FN2O4S. The minimum Gasteiger partial charge on any atom is -0.276 e. The van der Waals surface area contributed by atoms with Crippen LogP contribution in [0.5, 0.6) is 0 Å². The van der Waals surface area contributed by atoms with Gasteiger partial charge in [-0.2, -0.15) is 0 Å². The number of nitro benzene ring substituents is 1. The maximum atomic E-state index is 13.7. The number of rotatable bonds is 4. The smallest absolute Gasteiger partial charge is 0.271 e. The SMILES string of the molecule is Cc1ccc(C)c(S(=O)(=O)Nc2cc([N+](=O)[O-])ccc2F)c1. The average Bonchev–Trinajstić information content (AvgIpc) is 2.43. The summed E-state index contributed by atoms with van der Waals surface area (Å²) in [7, 11) is -4.04. The summed E-state index contributed by atoms with van der Waals surface area (Å²) < 4.78 is 40.5. The molecule has 2 aromatic rings. The Balaban J connectivity index is 2.47. The van der Waals surface area contributed by atoms with Crippen molar-refractivity contribution < 1.29 is 17.7 Å². The van der Waals surface area contributed by atoms with Crippen molar-refractivity contribution in [2.24, 2.45) is 0 Å². The van der Waals surface area contributed by atoms with E-state index in [1.807, 2.05) is 0 Å². The van der Waals surface area contributed by atoms with Gasteiger partial charge in [0.25, 0.3) is 15.7 Å². The minimum atomic E-state index is -4.04. The van der Waals surface area contributed by atoms with Crippen LogP contribution in [0, 0.1) is 29.8 Å². The van der Waals surface area contributed by atoms with E-state index >= 15 is 0 Å². The second-order valence-electron chi connectivity index (χ2n) is 4.80. The average molecular weight is 324 g/mol. The van der Waals surface area contributed by atoms with Crippen LogP contribution in [0.1, 0.15) is 11.1 Å². The summed E-state index contributed by atoms with van der Waals surface area (Å²) in [5.41, 5.74) is 0.351. The third kappa shape index (κ3) is 3.22. The number of hydrogen-bond donors (Lipinski definition) is 1. The van der Waals surface area contributed by atoms with Crippen molar-refractivity contribution in [3.63, 3.8) is 0 Å². The minimum absolute atomic E-state index is 0.00148. The zero-order valence-corrected chi connectivity index (χ0v) is 12.6. The molecule has 0 aromatic heterocycles. The van der Waals surface area contributed by atoms with Crippen molar-refractivity contribution >= 4 is 21.4 Å². The third-order valence-electron chi connectivity index (χ3n) is 3.04. The highest BCUT2D eigenvalue weighted by Gasteiger charge is 2.20. The first-order valence-corrected chi connectivity index (χ1v) is 7.73. The molecule has 0 aliphatic rings. The molecule has 0 unspecified atom stereocenters. The number of anilines is 1. The van der Waals surface area contributed by atoms with Crippen molar-refractivity contribution in [2.45, 2.75) is 18.7 Å². The molecule has 0 radical (unpaired) electrons. The van der Waals surface area contributed by atoms with Gasteiger partial charge in [-0.05, 0) is 37.1 Å². The number of nitro groups is 1. The number of sulfonamides is 1. The van der Waals surface area contributed by atoms with Crippen LogP contribution in [0.2, 0.25) is 0 Å². The van der Waals surface area contributed by atoms with Crippen LogP contribution in [0.15, 0.2) is 41.3 Å². The lowest BCUT2D eigenvalue weighted by Gasteiger charge is -2.11. The molecule has 0 aliphatic heterocycles. The number of benzene rings is 2. The molecule has 0 fully saturated rings. The van der Waals surface area contributed by atoms with Crippen LogP contribution in [0.3, 0.4) is 0 Å². The standard InChI is InChI=1S/C14H13FN2O4S/c1-9-3-4-10(2)14(7-9)22(20,21)16-13-8-11(17(18)19)5-6-12(13)15/h3-8,16H,1-2H3. The molecule has 0 heterocycles. The number of non-ortho nitro benzene ring substituents is 1. The molecule has 2 aromatic carbocycles. The van der Waals surface area contributed by atoms with E-state index in [2.05, 4.69) is 4.72 Å². The first-order valence-electron chi connectivity index (χ1n) is 6.25. The maximum Gasteiger partial charge on any atom is 0.271 e. The quantitative estimate of drug-likeness (QED) is 0.691. The predicted octanol–water partition coefficient (Wildman–Crippen LogP) is 3.15. The number of hydrogen-bond acceptors (Lipinski definition) is 4. The molecule has 0 atom stereocenters. The van der Waals surface area contributed by atoms with Gasteiger partial charge in [-0.1, -0.05) is 12.1 Å². The lowest BCUT2D eigenvalue weighted by molar-refractivity contribution is -0.384. The van der Waals surface area contributed by atoms with Crippen molar-refractivity contribution in [1.29, 1.82) is 0 Å².